The number of rotatable bonds is 4. The molecule has 1 heterocycles. The van der Waals surface area contributed by atoms with E-state index in [2.05, 4.69) is 15.9 Å². The van der Waals surface area contributed by atoms with Gasteiger partial charge in [0, 0.05) is 42.8 Å². The van der Waals surface area contributed by atoms with Gasteiger partial charge >= 0.3 is 0 Å². The van der Waals surface area contributed by atoms with Crippen LogP contribution in [0.4, 0.5) is 0 Å². The first-order chi connectivity index (χ1) is 7.97. The maximum absolute atomic E-state index is 12.2. The molecule has 0 N–H and O–H groups in total. The molecule has 17 heavy (non-hydrogen) atoms. The molecule has 0 aromatic carbocycles. The van der Waals surface area contributed by atoms with Crippen LogP contribution in [0.15, 0.2) is 23.1 Å². The zero-order chi connectivity index (χ0) is 13.0. The van der Waals surface area contributed by atoms with Gasteiger partial charge in [-0.3, -0.25) is 9.59 Å². The number of alkyl halides is 1. The number of amides is 1. The number of aryl methyl sites for hydroxylation is 1. The van der Waals surface area contributed by atoms with Crippen molar-refractivity contribution in [3.05, 3.63) is 34.2 Å². The number of halogens is 1. The Morgan fingerprint density at radius 2 is 2.18 bits per heavy atom. The van der Waals surface area contributed by atoms with E-state index in [4.69, 9.17) is 0 Å². The molecule has 0 radical (unpaired) electrons. The Balaban J connectivity index is 3.01. The van der Waals surface area contributed by atoms with Crippen molar-refractivity contribution in [3.8, 4) is 0 Å². The zero-order valence-corrected chi connectivity index (χ0v) is 11.9. The van der Waals surface area contributed by atoms with Gasteiger partial charge in [0.25, 0.3) is 11.5 Å². The molecule has 5 heteroatoms. The lowest BCUT2D eigenvalue weighted by Crippen LogP contribution is -2.38. The van der Waals surface area contributed by atoms with Crippen molar-refractivity contribution in [3.63, 3.8) is 0 Å². The van der Waals surface area contributed by atoms with Crippen LogP contribution < -0.4 is 5.56 Å². The van der Waals surface area contributed by atoms with E-state index in [0.29, 0.717) is 12.1 Å². The monoisotopic (exact) mass is 300 g/mol. The third-order valence-corrected chi connectivity index (χ3v) is 2.92. The van der Waals surface area contributed by atoms with Gasteiger partial charge in [-0.25, -0.2) is 0 Å². The fourth-order valence-electron chi connectivity index (χ4n) is 1.53. The molecular formula is C12H17BrN2O2. The minimum atomic E-state index is -0.168. The first kappa shape index (κ1) is 14.0. The summed E-state index contributed by atoms with van der Waals surface area (Å²) >= 11 is 3.33. The highest BCUT2D eigenvalue weighted by Crippen LogP contribution is 2.07. The van der Waals surface area contributed by atoms with E-state index >= 15 is 0 Å². The summed E-state index contributed by atoms with van der Waals surface area (Å²) in [4.78, 5) is 25.4. The normalized spacial score (nSPS) is 10.6. The number of hydrogen-bond donors (Lipinski definition) is 0. The standard InChI is InChI=1S/C12H17BrN2O2/c1-9(2)15(7-5-13)12(17)10-4-6-14(3)11(16)8-10/h4,6,8-9H,5,7H2,1-3H3. The first-order valence-electron chi connectivity index (χ1n) is 5.51. The Kier molecular flexibility index (Phi) is 4.93. The first-order valence-corrected chi connectivity index (χ1v) is 6.63. The third kappa shape index (κ3) is 3.43. The third-order valence-electron chi connectivity index (χ3n) is 2.56. The van der Waals surface area contributed by atoms with Gasteiger partial charge in [-0.15, -0.1) is 0 Å². The van der Waals surface area contributed by atoms with Crippen molar-refractivity contribution in [2.45, 2.75) is 19.9 Å². The Morgan fingerprint density at radius 1 is 1.53 bits per heavy atom. The van der Waals surface area contributed by atoms with Gasteiger partial charge < -0.3 is 9.47 Å². The molecule has 1 aromatic heterocycles. The van der Waals surface area contributed by atoms with Gasteiger partial charge in [0.2, 0.25) is 0 Å². The molecule has 94 valence electrons. The minimum absolute atomic E-state index is 0.0999. The lowest BCUT2D eigenvalue weighted by atomic mass is 10.2. The summed E-state index contributed by atoms with van der Waals surface area (Å²) in [5.41, 5.74) is 0.279. The van der Waals surface area contributed by atoms with Gasteiger partial charge in [0.1, 0.15) is 0 Å². The van der Waals surface area contributed by atoms with Crippen molar-refractivity contribution in [2.75, 3.05) is 11.9 Å². The fraction of sp³-hybridized carbons (Fsp3) is 0.500. The molecule has 0 spiro atoms. The second-order valence-electron chi connectivity index (χ2n) is 4.15. The molecule has 0 bridgehead atoms. The second kappa shape index (κ2) is 6.00. The predicted octanol–water partition coefficient (Wildman–Crippen LogP) is 1.63. The number of aromatic nitrogens is 1. The van der Waals surface area contributed by atoms with Crippen LogP contribution in [-0.4, -0.2) is 33.3 Å². The molecule has 0 fully saturated rings. The summed E-state index contributed by atoms with van der Waals surface area (Å²) in [5, 5.41) is 0.724. The lowest BCUT2D eigenvalue weighted by molar-refractivity contribution is 0.0719. The topological polar surface area (TPSA) is 42.3 Å². The van der Waals surface area contributed by atoms with Crippen molar-refractivity contribution in [2.24, 2.45) is 7.05 Å². The van der Waals surface area contributed by atoms with Gasteiger partial charge in [0.15, 0.2) is 0 Å². The number of carbonyl (C=O) groups is 1. The molecule has 4 nitrogen and oxygen atoms in total. The van der Waals surface area contributed by atoms with Crippen molar-refractivity contribution >= 4 is 21.8 Å². The highest BCUT2D eigenvalue weighted by Gasteiger charge is 2.18. The molecule has 0 saturated heterocycles. The van der Waals surface area contributed by atoms with Crippen LogP contribution in [0, 0.1) is 0 Å². The van der Waals surface area contributed by atoms with Crippen LogP contribution in [0.25, 0.3) is 0 Å². The van der Waals surface area contributed by atoms with Crippen LogP contribution >= 0.6 is 15.9 Å². The number of nitrogens with zero attached hydrogens (tertiary/aromatic N) is 2. The summed E-state index contributed by atoms with van der Waals surface area (Å²) in [5.74, 6) is -0.0999. The van der Waals surface area contributed by atoms with E-state index in [1.165, 1.54) is 10.6 Å². The van der Waals surface area contributed by atoms with Gasteiger partial charge in [-0.05, 0) is 19.9 Å². The van der Waals surface area contributed by atoms with Crippen molar-refractivity contribution < 1.29 is 4.79 Å². The average Bonchev–Trinajstić information content (AvgIpc) is 2.28. The van der Waals surface area contributed by atoms with Crippen LogP contribution in [0.2, 0.25) is 0 Å². The second-order valence-corrected chi connectivity index (χ2v) is 4.94. The highest BCUT2D eigenvalue weighted by atomic mass is 79.9. The minimum Gasteiger partial charge on any atom is -0.335 e. The smallest absolute Gasteiger partial charge is 0.254 e. The molecule has 0 aliphatic rings. The quantitative estimate of drug-likeness (QED) is 0.793. The Labute approximate surface area is 109 Å². The molecule has 1 aromatic rings. The Bertz CT molecular complexity index is 454. The summed E-state index contributed by atoms with van der Waals surface area (Å²) in [6.45, 7) is 4.55. The van der Waals surface area contributed by atoms with Crippen LogP contribution in [0.1, 0.15) is 24.2 Å². The SMILES string of the molecule is CC(C)N(CCBr)C(=O)c1ccn(C)c(=O)c1. The zero-order valence-electron chi connectivity index (χ0n) is 10.3. The number of hydrogen-bond acceptors (Lipinski definition) is 2. The highest BCUT2D eigenvalue weighted by molar-refractivity contribution is 9.09. The Hall–Kier alpha value is -1.10. The van der Waals surface area contributed by atoms with Crippen molar-refractivity contribution in [1.29, 1.82) is 0 Å². The number of pyridine rings is 1. The van der Waals surface area contributed by atoms with E-state index in [-0.39, 0.29) is 17.5 Å². The number of carbonyl (C=O) groups excluding carboxylic acids is 1. The van der Waals surface area contributed by atoms with Crippen LogP contribution in [0.3, 0.4) is 0 Å². The lowest BCUT2D eigenvalue weighted by Gasteiger charge is -2.26. The summed E-state index contributed by atoms with van der Waals surface area (Å²) in [7, 11) is 1.66. The van der Waals surface area contributed by atoms with Gasteiger partial charge in [-0.1, -0.05) is 15.9 Å². The average molecular weight is 301 g/mol. The predicted molar refractivity (Wildman–Crippen MR) is 71.6 cm³/mol. The van der Waals surface area contributed by atoms with E-state index in [0.717, 1.165) is 5.33 Å². The van der Waals surface area contributed by atoms with Gasteiger partial charge in [0.05, 0.1) is 0 Å². The maximum atomic E-state index is 12.2. The Morgan fingerprint density at radius 3 is 2.65 bits per heavy atom. The molecule has 0 unspecified atom stereocenters. The molecule has 0 aliphatic heterocycles. The van der Waals surface area contributed by atoms with E-state index in [9.17, 15) is 9.59 Å². The van der Waals surface area contributed by atoms with E-state index < -0.39 is 0 Å². The van der Waals surface area contributed by atoms with Crippen LogP contribution in [0.5, 0.6) is 0 Å². The fourth-order valence-corrected chi connectivity index (χ4v) is 1.91. The van der Waals surface area contributed by atoms with Crippen LogP contribution in [-0.2, 0) is 7.05 Å². The molecule has 0 saturated carbocycles. The molecular weight excluding hydrogens is 284 g/mol. The van der Waals surface area contributed by atoms with Crippen molar-refractivity contribution in [1.82, 2.24) is 9.47 Å². The van der Waals surface area contributed by atoms with E-state index in [1.54, 1.807) is 24.2 Å². The summed E-state index contributed by atoms with van der Waals surface area (Å²) in [6.07, 6.45) is 1.61. The van der Waals surface area contributed by atoms with E-state index in [1.807, 2.05) is 13.8 Å². The molecule has 0 atom stereocenters. The molecule has 1 rings (SSSR count). The summed E-state index contributed by atoms with van der Waals surface area (Å²) < 4.78 is 1.45. The molecule has 0 aliphatic carbocycles. The molecule has 1 amide bonds. The summed E-state index contributed by atoms with van der Waals surface area (Å²) in [6, 6.07) is 3.17. The largest absolute Gasteiger partial charge is 0.335 e. The van der Waals surface area contributed by atoms with Gasteiger partial charge in [-0.2, -0.15) is 0 Å². The maximum Gasteiger partial charge on any atom is 0.254 e.